The summed E-state index contributed by atoms with van der Waals surface area (Å²) in [5.41, 5.74) is 1.21. The first-order valence-corrected chi connectivity index (χ1v) is 17.2. The Balaban J connectivity index is 1.62. The van der Waals surface area contributed by atoms with E-state index in [9.17, 15) is 14.7 Å². The summed E-state index contributed by atoms with van der Waals surface area (Å²) >= 11 is 0. The highest BCUT2D eigenvalue weighted by atomic mass is 16.5. The lowest BCUT2D eigenvalue weighted by atomic mass is 9.81. The van der Waals surface area contributed by atoms with Crippen molar-refractivity contribution in [3.63, 3.8) is 0 Å². The van der Waals surface area contributed by atoms with E-state index in [2.05, 4.69) is 21.8 Å². The van der Waals surface area contributed by atoms with Gasteiger partial charge in [-0.2, -0.15) is 0 Å². The Morgan fingerprint density at radius 1 is 0.711 bits per heavy atom. The molecule has 1 aliphatic heterocycles. The summed E-state index contributed by atoms with van der Waals surface area (Å²) in [6, 6.07) is 9.62. The van der Waals surface area contributed by atoms with Gasteiger partial charge >= 0.3 is 11.9 Å². The minimum atomic E-state index is -1.14. The van der Waals surface area contributed by atoms with E-state index >= 15 is 0 Å². The number of carbonyl (C=O) groups excluding carboxylic acids is 2. The molecule has 0 spiro atoms. The third-order valence-electron chi connectivity index (χ3n) is 8.94. The van der Waals surface area contributed by atoms with Crippen molar-refractivity contribution in [2.75, 3.05) is 20.8 Å². The number of pyridine rings is 2. The minimum absolute atomic E-state index is 0.00951. The first kappa shape index (κ1) is 36.2. The van der Waals surface area contributed by atoms with Crippen LogP contribution in [0.4, 0.5) is 0 Å². The molecule has 8 heteroatoms. The van der Waals surface area contributed by atoms with Crippen LogP contribution in [0.2, 0.25) is 0 Å². The number of hydrogen-bond donors (Lipinski definition) is 1. The molecular formula is C37H55N3O5. The Morgan fingerprint density at radius 3 is 1.64 bits per heavy atom. The van der Waals surface area contributed by atoms with Crippen molar-refractivity contribution in [1.29, 1.82) is 0 Å². The molecule has 0 aromatic carbocycles. The fraction of sp³-hybridized carbons (Fsp3) is 0.622. The second kappa shape index (κ2) is 20.7. The van der Waals surface area contributed by atoms with Crippen LogP contribution in [-0.2, 0) is 19.1 Å². The van der Waals surface area contributed by atoms with E-state index in [1.807, 2.05) is 30.3 Å². The fourth-order valence-electron chi connectivity index (χ4n) is 6.53. The molecule has 2 aromatic rings. The first-order valence-electron chi connectivity index (χ1n) is 17.2. The van der Waals surface area contributed by atoms with Crippen molar-refractivity contribution in [2.45, 2.75) is 122 Å². The summed E-state index contributed by atoms with van der Waals surface area (Å²) < 4.78 is 10.3. The van der Waals surface area contributed by atoms with Gasteiger partial charge in [0.2, 0.25) is 0 Å². The van der Waals surface area contributed by atoms with Crippen LogP contribution < -0.4 is 0 Å². The quantitative estimate of drug-likeness (QED) is 0.109. The van der Waals surface area contributed by atoms with Crippen LogP contribution >= 0.6 is 0 Å². The lowest BCUT2D eigenvalue weighted by molar-refractivity contribution is -0.150. The van der Waals surface area contributed by atoms with Crippen LogP contribution in [0.25, 0.3) is 0 Å². The number of aromatic nitrogens is 2. The molecule has 0 saturated carbocycles. The molecule has 248 valence electrons. The zero-order valence-electron chi connectivity index (χ0n) is 27.8. The number of carbonyl (C=O) groups is 2. The van der Waals surface area contributed by atoms with E-state index in [0.29, 0.717) is 17.9 Å². The number of unbranched alkanes of at least 4 members (excludes halogenated alkanes) is 15. The normalized spacial score (nSPS) is 18.6. The maximum Gasteiger partial charge on any atom is 0.339 e. The number of ether oxygens (including phenoxy) is 2. The zero-order chi connectivity index (χ0) is 32.3. The molecule has 1 aliphatic rings. The molecule has 3 rings (SSSR count). The van der Waals surface area contributed by atoms with Gasteiger partial charge in [-0.3, -0.25) is 19.7 Å². The summed E-state index contributed by atoms with van der Waals surface area (Å²) in [7, 11) is 2.56. The molecular weight excluding hydrogens is 566 g/mol. The smallest absolute Gasteiger partial charge is 0.339 e. The Bertz CT molecular complexity index is 1160. The maximum atomic E-state index is 13.2. The monoisotopic (exact) mass is 621 g/mol. The summed E-state index contributed by atoms with van der Waals surface area (Å²) in [6.07, 6.45) is 23.8. The number of aliphatic hydroxyl groups excluding tert-OH is 1. The Kier molecular flexibility index (Phi) is 16.7. The van der Waals surface area contributed by atoms with Gasteiger partial charge in [0.15, 0.2) is 0 Å². The predicted octanol–water partition coefficient (Wildman–Crippen LogP) is 8.61. The van der Waals surface area contributed by atoms with Crippen molar-refractivity contribution < 1.29 is 24.2 Å². The van der Waals surface area contributed by atoms with E-state index in [4.69, 9.17) is 9.47 Å². The first-order chi connectivity index (χ1) is 22.0. The third kappa shape index (κ3) is 10.9. The number of nitrogens with zero attached hydrogens (tertiary/aromatic N) is 3. The van der Waals surface area contributed by atoms with Crippen molar-refractivity contribution in [2.24, 2.45) is 5.92 Å². The van der Waals surface area contributed by atoms with Gasteiger partial charge in [-0.1, -0.05) is 115 Å². The molecule has 0 saturated heterocycles. The average molecular weight is 622 g/mol. The van der Waals surface area contributed by atoms with Gasteiger partial charge in [0.25, 0.3) is 0 Å². The number of methoxy groups -OCH3 is 2. The molecule has 1 N–H and O–H groups in total. The molecule has 45 heavy (non-hydrogen) atoms. The van der Waals surface area contributed by atoms with Gasteiger partial charge in [-0.05, 0) is 37.2 Å². The minimum Gasteiger partial charge on any atom is -0.511 e. The van der Waals surface area contributed by atoms with E-state index < -0.39 is 29.9 Å². The van der Waals surface area contributed by atoms with Gasteiger partial charge in [0.05, 0.1) is 43.3 Å². The number of aliphatic hydroxyl groups is 1. The van der Waals surface area contributed by atoms with Crippen molar-refractivity contribution in [1.82, 2.24) is 14.9 Å². The Labute approximate surface area is 270 Å². The number of esters is 2. The largest absolute Gasteiger partial charge is 0.511 e. The molecule has 0 unspecified atom stereocenters. The molecule has 0 fully saturated rings. The molecule has 3 heterocycles. The zero-order valence-corrected chi connectivity index (χ0v) is 27.8. The molecule has 2 aromatic heterocycles. The van der Waals surface area contributed by atoms with E-state index in [-0.39, 0.29) is 11.3 Å². The van der Waals surface area contributed by atoms with Crippen LogP contribution in [0.3, 0.4) is 0 Å². The summed E-state index contributed by atoms with van der Waals surface area (Å²) in [6.45, 7) is 2.84. The van der Waals surface area contributed by atoms with Gasteiger partial charge < -0.3 is 14.6 Å². The molecule has 3 atom stereocenters. The highest BCUT2D eigenvalue weighted by Crippen LogP contribution is 2.47. The molecule has 0 aliphatic carbocycles. The van der Waals surface area contributed by atoms with E-state index in [1.165, 1.54) is 97.7 Å². The average Bonchev–Trinajstić information content (AvgIpc) is 3.08. The predicted molar refractivity (Wildman–Crippen MR) is 177 cm³/mol. The second-order valence-electron chi connectivity index (χ2n) is 12.2. The van der Waals surface area contributed by atoms with Gasteiger partial charge in [-0.15, -0.1) is 0 Å². The van der Waals surface area contributed by atoms with Crippen LogP contribution in [-0.4, -0.2) is 52.7 Å². The van der Waals surface area contributed by atoms with Gasteiger partial charge in [0.1, 0.15) is 11.7 Å². The van der Waals surface area contributed by atoms with Crippen molar-refractivity contribution in [3.8, 4) is 0 Å². The second-order valence-corrected chi connectivity index (χ2v) is 12.2. The number of hydrogen-bond acceptors (Lipinski definition) is 8. The van der Waals surface area contributed by atoms with Gasteiger partial charge in [-0.25, -0.2) is 4.79 Å². The van der Waals surface area contributed by atoms with Gasteiger partial charge in [0, 0.05) is 12.4 Å². The van der Waals surface area contributed by atoms with Crippen LogP contribution in [0, 0.1) is 5.92 Å². The topological polar surface area (TPSA) is 102 Å². The maximum absolute atomic E-state index is 13.2. The summed E-state index contributed by atoms with van der Waals surface area (Å²) in [5, 5.41) is 11.5. The lowest BCUT2D eigenvalue weighted by Crippen LogP contribution is -2.48. The van der Waals surface area contributed by atoms with Crippen LogP contribution in [0.5, 0.6) is 0 Å². The fourth-order valence-corrected chi connectivity index (χ4v) is 6.53. The Hall–Kier alpha value is -3.26. The summed E-state index contributed by atoms with van der Waals surface area (Å²) in [5.74, 6) is -2.84. The van der Waals surface area contributed by atoms with Crippen molar-refractivity contribution >= 4 is 11.9 Å². The highest BCUT2D eigenvalue weighted by Gasteiger charge is 2.50. The summed E-state index contributed by atoms with van der Waals surface area (Å²) in [4.78, 5) is 37.6. The molecule has 0 bridgehead atoms. The standard InChI is InChI=1S/C37H55N3O5/c1-4-5-6-7-8-9-10-11-12-13-14-15-16-17-18-23-28-40-33(29-24-19-21-26-38-29)31(36(42)44-2)35(41)32(37(43)45-3)34(40)30-25-20-22-27-39-30/h19-22,24-27,31,33-34,41H,4-18,23,28H2,1-3H3/t31-,33-,34+/m0/s1. The Morgan fingerprint density at radius 2 is 1.20 bits per heavy atom. The number of rotatable bonds is 21. The molecule has 0 amide bonds. The SMILES string of the molecule is CCCCCCCCCCCCCCCCCCN1[C@H](c2ccccn2)C(C(=O)OC)=C(O)[C@@H](C(=O)OC)[C@@H]1c1ccccn1. The molecule has 0 radical (unpaired) electrons. The van der Waals surface area contributed by atoms with Crippen LogP contribution in [0.15, 0.2) is 60.1 Å². The third-order valence-corrected chi connectivity index (χ3v) is 8.94. The van der Waals surface area contributed by atoms with E-state index in [0.717, 1.165) is 19.3 Å². The highest BCUT2D eigenvalue weighted by molar-refractivity contribution is 5.93. The van der Waals surface area contributed by atoms with Crippen LogP contribution in [0.1, 0.15) is 133 Å². The molecule has 8 nitrogen and oxygen atoms in total. The lowest BCUT2D eigenvalue weighted by Gasteiger charge is -2.44. The van der Waals surface area contributed by atoms with E-state index in [1.54, 1.807) is 18.5 Å². The van der Waals surface area contributed by atoms with Crippen molar-refractivity contribution in [3.05, 3.63) is 71.5 Å².